The van der Waals surface area contributed by atoms with Crippen molar-refractivity contribution in [1.82, 2.24) is 14.8 Å². The van der Waals surface area contributed by atoms with Gasteiger partial charge in [0.2, 0.25) is 11.8 Å². The van der Waals surface area contributed by atoms with Gasteiger partial charge in [-0.25, -0.2) is 0 Å². The quantitative estimate of drug-likeness (QED) is 0.707. The molecule has 3 atom stereocenters. The van der Waals surface area contributed by atoms with Crippen molar-refractivity contribution in [3.63, 3.8) is 0 Å². The van der Waals surface area contributed by atoms with Crippen LogP contribution in [-0.2, 0) is 16.0 Å². The van der Waals surface area contributed by atoms with Crippen LogP contribution in [-0.4, -0.2) is 59.2 Å². The molecule has 3 heterocycles. The van der Waals surface area contributed by atoms with E-state index < -0.39 is 5.60 Å². The summed E-state index contributed by atoms with van der Waals surface area (Å²) in [4.78, 5) is 15.6. The molecule has 1 aromatic heterocycles. The Balaban J connectivity index is 1.69. The number of methoxy groups -OCH3 is 1. The molecule has 4 rings (SSSR count). The minimum Gasteiger partial charge on any atom is -0.378 e. The van der Waals surface area contributed by atoms with Crippen molar-refractivity contribution in [2.75, 3.05) is 37.1 Å². The largest absolute Gasteiger partial charge is 0.378 e. The molecule has 2 aromatic rings. The number of aromatic nitrogens is 3. The highest BCUT2D eigenvalue weighted by atomic mass is 16.5. The summed E-state index contributed by atoms with van der Waals surface area (Å²) in [6.45, 7) is 11.1. The molecular formula is C24H35N5O3. The van der Waals surface area contributed by atoms with Crippen molar-refractivity contribution < 1.29 is 14.3 Å². The zero-order valence-corrected chi connectivity index (χ0v) is 19.9. The topological polar surface area (TPSA) is 81.5 Å². The molecule has 0 bridgehead atoms. The smallest absolute Gasteiger partial charge is 0.293 e. The lowest BCUT2D eigenvalue weighted by Gasteiger charge is -2.30. The number of carbonyl (C=O) groups is 1. The average Bonchev–Trinajstić information content (AvgIpc) is 3.49. The molecular weight excluding hydrogens is 406 g/mol. The molecule has 2 aliphatic rings. The number of amides is 1. The third-order valence-corrected chi connectivity index (χ3v) is 7.00. The first-order valence-electron chi connectivity index (χ1n) is 11.6. The van der Waals surface area contributed by atoms with Gasteiger partial charge in [0.1, 0.15) is 5.60 Å². The Morgan fingerprint density at radius 3 is 2.78 bits per heavy atom. The van der Waals surface area contributed by atoms with Gasteiger partial charge >= 0.3 is 0 Å². The number of aryl methyl sites for hydroxylation is 2. The summed E-state index contributed by atoms with van der Waals surface area (Å²) >= 11 is 0. The maximum atomic E-state index is 13.3. The first kappa shape index (κ1) is 22.7. The van der Waals surface area contributed by atoms with E-state index in [-0.39, 0.29) is 5.91 Å². The van der Waals surface area contributed by atoms with Crippen LogP contribution in [0, 0.1) is 19.8 Å². The van der Waals surface area contributed by atoms with Crippen LogP contribution in [0.3, 0.4) is 0 Å². The van der Waals surface area contributed by atoms with Gasteiger partial charge < -0.3 is 19.7 Å². The Hall–Kier alpha value is -2.45. The minimum atomic E-state index is -0.486. The van der Waals surface area contributed by atoms with Gasteiger partial charge in [-0.1, -0.05) is 19.9 Å². The number of hydrogen-bond donors (Lipinski definition) is 1. The fourth-order valence-corrected chi connectivity index (χ4v) is 4.84. The monoisotopic (exact) mass is 441 g/mol. The summed E-state index contributed by atoms with van der Waals surface area (Å²) in [5.74, 6) is 1.35. The number of nitrogens with one attached hydrogen (secondary N) is 1. The molecule has 2 aliphatic heterocycles. The molecule has 1 N–H and O–H groups in total. The molecule has 174 valence electrons. The number of rotatable bonds is 7. The second kappa shape index (κ2) is 9.19. The highest BCUT2D eigenvalue weighted by Crippen LogP contribution is 2.33. The number of benzene rings is 1. The van der Waals surface area contributed by atoms with Gasteiger partial charge in [0.05, 0.1) is 13.2 Å². The summed E-state index contributed by atoms with van der Waals surface area (Å²) in [6, 6.07) is 6.29. The molecule has 32 heavy (non-hydrogen) atoms. The Labute approximate surface area is 190 Å². The Bertz CT molecular complexity index is 967. The fourth-order valence-electron chi connectivity index (χ4n) is 4.84. The number of anilines is 2. The van der Waals surface area contributed by atoms with Crippen molar-refractivity contribution in [2.45, 2.75) is 65.1 Å². The predicted octanol–water partition coefficient (Wildman–Crippen LogP) is 3.58. The molecule has 0 saturated carbocycles. The van der Waals surface area contributed by atoms with Gasteiger partial charge in [0.25, 0.3) is 5.91 Å². The van der Waals surface area contributed by atoms with E-state index in [1.807, 2.05) is 29.7 Å². The van der Waals surface area contributed by atoms with Crippen molar-refractivity contribution in [3.05, 3.63) is 35.2 Å². The summed E-state index contributed by atoms with van der Waals surface area (Å²) < 4.78 is 13.5. The fraction of sp³-hybridized carbons (Fsp3) is 0.625. The Morgan fingerprint density at radius 2 is 2.12 bits per heavy atom. The van der Waals surface area contributed by atoms with E-state index in [0.29, 0.717) is 37.5 Å². The lowest BCUT2D eigenvalue weighted by atomic mass is 10.0. The van der Waals surface area contributed by atoms with Gasteiger partial charge in [-0.15, -0.1) is 10.2 Å². The van der Waals surface area contributed by atoms with Crippen LogP contribution in [0.1, 0.15) is 54.9 Å². The van der Waals surface area contributed by atoms with Crippen LogP contribution < -0.4 is 10.2 Å². The second-order valence-electron chi connectivity index (χ2n) is 9.41. The summed E-state index contributed by atoms with van der Waals surface area (Å²) in [5, 5.41) is 11.9. The van der Waals surface area contributed by atoms with Crippen molar-refractivity contribution in [1.29, 1.82) is 0 Å². The molecule has 8 nitrogen and oxygen atoms in total. The summed E-state index contributed by atoms with van der Waals surface area (Å²) in [6.07, 6.45) is 2.92. The van der Waals surface area contributed by atoms with E-state index >= 15 is 0 Å². The highest BCUT2D eigenvalue weighted by Gasteiger charge is 2.40. The normalized spacial score (nSPS) is 25.5. The third kappa shape index (κ3) is 4.38. The molecule has 3 unspecified atom stereocenters. The second-order valence-corrected chi connectivity index (χ2v) is 9.41. The molecule has 0 radical (unpaired) electrons. The third-order valence-electron chi connectivity index (χ3n) is 7.00. The van der Waals surface area contributed by atoms with E-state index in [1.165, 1.54) is 5.56 Å². The molecule has 2 saturated heterocycles. The van der Waals surface area contributed by atoms with Crippen molar-refractivity contribution in [2.24, 2.45) is 5.92 Å². The van der Waals surface area contributed by atoms with Gasteiger partial charge in [-0.05, 0) is 55.9 Å². The lowest BCUT2D eigenvalue weighted by molar-refractivity contribution is -0.0296. The first-order valence-corrected chi connectivity index (χ1v) is 11.6. The number of carbonyl (C=O) groups excluding carboxylic acids is 1. The number of hydrogen-bond acceptors (Lipinski definition) is 6. The number of ether oxygens (including phenoxy) is 2. The maximum absolute atomic E-state index is 13.3. The van der Waals surface area contributed by atoms with Gasteiger partial charge in [0, 0.05) is 38.4 Å². The van der Waals surface area contributed by atoms with Crippen LogP contribution in [0.25, 0.3) is 0 Å². The zero-order chi connectivity index (χ0) is 22.9. The van der Waals surface area contributed by atoms with Crippen LogP contribution in [0.4, 0.5) is 11.6 Å². The number of nitrogens with zero attached hydrogens (tertiary/aromatic N) is 4. The van der Waals surface area contributed by atoms with Crippen LogP contribution in [0.2, 0.25) is 0 Å². The van der Waals surface area contributed by atoms with Gasteiger partial charge in [-0.3, -0.25) is 9.36 Å². The predicted molar refractivity (Wildman–Crippen MR) is 124 cm³/mol. The Kier molecular flexibility index (Phi) is 6.53. The average molecular weight is 442 g/mol. The molecule has 1 amide bonds. The lowest BCUT2D eigenvalue weighted by Crippen LogP contribution is -2.40. The van der Waals surface area contributed by atoms with Crippen LogP contribution in [0.5, 0.6) is 0 Å². The summed E-state index contributed by atoms with van der Waals surface area (Å²) in [5.41, 5.74) is 2.58. The molecule has 2 fully saturated rings. The van der Waals surface area contributed by atoms with Crippen molar-refractivity contribution >= 4 is 17.5 Å². The Morgan fingerprint density at radius 1 is 1.31 bits per heavy atom. The summed E-state index contributed by atoms with van der Waals surface area (Å²) in [7, 11) is 1.71. The molecule has 0 aliphatic carbocycles. The first-order chi connectivity index (χ1) is 15.4. The standard InChI is InChI=1S/C24H35N5O3/c1-6-20-11-16(2)13-28(20)23-27-26-21(29(23)14-24(31-5)9-10-32-15-24)22(30)25-19-8-7-17(3)18(4)12-19/h7-8,12,16,20H,6,9-11,13-15H2,1-5H3,(H,25,30). The van der Waals surface area contributed by atoms with E-state index in [9.17, 15) is 4.79 Å². The van der Waals surface area contributed by atoms with E-state index in [0.717, 1.165) is 43.0 Å². The molecule has 1 aromatic carbocycles. The van der Waals surface area contributed by atoms with Gasteiger partial charge in [-0.2, -0.15) is 0 Å². The molecule has 0 spiro atoms. The van der Waals surface area contributed by atoms with E-state index in [2.05, 4.69) is 41.2 Å². The van der Waals surface area contributed by atoms with Crippen molar-refractivity contribution in [3.8, 4) is 0 Å². The zero-order valence-electron chi connectivity index (χ0n) is 19.9. The van der Waals surface area contributed by atoms with E-state index in [1.54, 1.807) is 7.11 Å². The van der Waals surface area contributed by atoms with Crippen LogP contribution >= 0.6 is 0 Å². The minimum absolute atomic E-state index is 0.266. The SMILES string of the molecule is CCC1CC(C)CN1c1nnc(C(=O)Nc2ccc(C)c(C)c2)n1CC1(OC)CCOC1. The maximum Gasteiger partial charge on any atom is 0.293 e. The molecule has 8 heteroatoms. The van der Waals surface area contributed by atoms with Crippen LogP contribution in [0.15, 0.2) is 18.2 Å². The highest BCUT2D eigenvalue weighted by molar-refractivity contribution is 6.02. The van der Waals surface area contributed by atoms with Gasteiger partial charge in [0.15, 0.2) is 0 Å². The van der Waals surface area contributed by atoms with E-state index in [4.69, 9.17) is 9.47 Å².